The molecule has 1 amide bonds. The zero-order valence-electron chi connectivity index (χ0n) is 14.6. The second-order valence-electron chi connectivity index (χ2n) is 5.51. The van der Waals surface area contributed by atoms with Gasteiger partial charge in [0.15, 0.2) is 18.1 Å². The summed E-state index contributed by atoms with van der Waals surface area (Å²) in [5, 5.41) is 3.49. The van der Waals surface area contributed by atoms with Gasteiger partial charge in [-0.2, -0.15) is 0 Å². The summed E-state index contributed by atoms with van der Waals surface area (Å²) in [6.45, 7) is 4.52. The minimum atomic E-state index is -0.224. The van der Waals surface area contributed by atoms with Crippen LogP contribution in [0.1, 0.15) is 11.1 Å². The zero-order chi connectivity index (χ0) is 18.2. The van der Waals surface area contributed by atoms with E-state index in [0.29, 0.717) is 24.7 Å². The van der Waals surface area contributed by atoms with E-state index < -0.39 is 0 Å². The number of carbonyl (C=O) groups is 1. The predicted octanol–water partition coefficient (Wildman–Crippen LogP) is 3.54. The lowest BCUT2D eigenvalue weighted by molar-refractivity contribution is -0.123. The number of amides is 1. The topological polar surface area (TPSA) is 56.8 Å². The van der Waals surface area contributed by atoms with Gasteiger partial charge in [-0.1, -0.05) is 23.7 Å². The quantitative estimate of drug-likeness (QED) is 0.729. The molecule has 0 atom stereocenters. The summed E-state index contributed by atoms with van der Waals surface area (Å²) >= 11 is 6.12. The van der Waals surface area contributed by atoms with Crippen LogP contribution in [0.5, 0.6) is 17.2 Å². The van der Waals surface area contributed by atoms with E-state index in [1.54, 1.807) is 19.2 Å². The predicted molar refractivity (Wildman–Crippen MR) is 97.9 cm³/mol. The second-order valence-corrected chi connectivity index (χ2v) is 5.89. The average molecular weight is 364 g/mol. The van der Waals surface area contributed by atoms with E-state index in [0.717, 1.165) is 21.9 Å². The standard InChI is InChI=1S/C19H22ClNO4/c1-13-10-15(11-14(2)19(13)20)24-9-8-21-18(22)12-25-17-7-5-4-6-16(17)23-3/h4-7,10-11H,8-9,12H2,1-3H3,(H,21,22). The molecule has 0 saturated carbocycles. The number of aryl methyl sites for hydroxylation is 2. The summed E-state index contributed by atoms with van der Waals surface area (Å²) in [6.07, 6.45) is 0. The highest BCUT2D eigenvalue weighted by Gasteiger charge is 2.07. The zero-order valence-corrected chi connectivity index (χ0v) is 15.4. The second kappa shape index (κ2) is 9.18. The maximum Gasteiger partial charge on any atom is 0.258 e. The molecule has 2 aromatic rings. The molecule has 6 heteroatoms. The van der Waals surface area contributed by atoms with Crippen LogP contribution in [-0.4, -0.2) is 32.8 Å². The Bertz CT molecular complexity index is 710. The molecule has 0 aliphatic rings. The molecule has 0 heterocycles. The third-order valence-electron chi connectivity index (χ3n) is 3.53. The minimum absolute atomic E-state index is 0.0838. The van der Waals surface area contributed by atoms with Crippen molar-refractivity contribution >= 4 is 17.5 Å². The summed E-state index contributed by atoms with van der Waals surface area (Å²) in [6, 6.07) is 10.9. The molecule has 5 nitrogen and oxygen atoms in total. The lowest BCUT2D eigenvalue weighted by atomic mass is 10.1. The van der Waals surface area contributed by atoms with E-state index >= 15 is 0 Å². The van der Waals surface area contributed by atoms with Crippen molar-refractivity contribution < 1.29 is 19.0 Å². The molecule has 0 radical (unpaired) electrons. The first-order chi connectivity index (χ1) is 12.0. The Hall–Kier alpha value is -2.40. The normalized spacial score (nSPS) is 10.2. The molecule has 134 valence electrons. The lowest BCUT2D eigenvalue weighted by Gasteiger charge is -2.12. The Kier molecular flexibility index (Phi) is 6.95. The number of para-hydroxylation sites is 2. The molecular weight excluding hydrogens is 342 g/mol. The van der Waals surface area contributed by atoms with Crippen molar-refractivity contribution in [2.45, 2.75) is 13.8 Å². The van der Waals surface area contributed by atoms with E-state index in [1.165, 1.54) is 0 Å². The third-order valence-corrected chi connectivity index (χ3v) is 4.13. The van der Waals surface area contributed by atoms with Crippen LogP contribution in [0.3, 0.4) is 0 Å². The van der Waals surface area contributed by atoms with Crippen molar-refractivity contribution in [3.63, 3.8) is 0 Å². The fourth-order valence-corrected chi connectivity index (χ4v) is 2.39. The SMILES string of the molecule is COc1ccccc1OCC(=O)NCCOc1cc(C)c(Cl)c(C)c1. The number of hydrogen-bond acceptors (Lipinski definition) is 4. The minimum Gasteiger partial charge on any atom is -0.493 e. The molecule has 0 spiro atoms. The van der Waals surface area contributed by atoms with Crippen molar-refractivity contribution in [2.75, 3.05) is 26.9 Å². The van der Waals surface area contributed by atoms with E-state index in [2.05, 4.69) is 5.32 Å². The van der Waals surface area contributed by atoms with Crippen LogP contribution in [0, 0.1) is 13.8 Å². The number of methoxy groups -OCH3 is 1. The molecule has 0 aliphatic carbocycles. The fourth-order valence-electron chi connectivity index (χ4n) is 2.28. The van der Waals surface area contributed by atoms with Gasteiger partial charge < -0.3 is 19.5 Å². The van der Waals surface area contributed by atoms with Gasteiger partial charge in [0.25, 0.3) is 5.91 Å². The number of nitrogens with one attached hydrogen (secondary N) is 1. The monoisotopic (exact) mass is 363 g/mol. The Morgan fingerprint density at radius 1 is 1.08 bits per heavy atom. The number of hydrogen-bond donors (Lipinski definition) is 1. The number of halogens is 1. The van der Waals surface area contributed by atoms with Gasteiger partial charge in [0.2, 0.25) is 0 Å². The molecule has 0 bridgehead atoms. The van der Waals surface area contributed by atoms with Crippen molar-refractivity contribution in [1.82, 2.24) is 5.32 Å². The highest BCUT2D eigenvalue weighted by Crippen LogP contribution is 2.26. The highest BCUT2D eigenvalue weighted by molar-refractivity contribution is 6.32. The fraction of sp³-hybridized carbons (Fsp3) is 0.316. The molecule has 0 aromatic heterocycles. The maximum absolute atomic E-state index is 11.8. The smallest absolute Gasteiger partial charge is 0.258 e. The largest absolute Gasteiger partial charge is 0.493 e. The van der Waals surface area contributed by atoms with Crippen LogP contribution in [0.25, 0.3) is 0 Å². The number of rotatable bonds is 8. The summed E-state index contributed by atoms with van der Waals surface area (Å²) in [7, 11) is 1.56. The van der Waals surface area contributed by atoms with Crippen molar-refractivity contribution in [2.24, 2.45) is 0 Å². The molecular formula is C19H22ClNO4. The number of benzene rings is 2. The first kappa shape index (κ1) is 18.9. The van der Waals surface area contributed by atoms with Crippen molar-refractivity contribution in [3.8, 4) is 17.2 Å². The Morgan fingerprint density at radius 2 is 1.72 bits per heavy atom. The van der Waals surface area contributed by atoms with Crippen LogP contribution in [-0.2, 0) is 4.79 Å². The van der Waals surface area contributed by atoms with E-state index in [1.807, 2.05) is 38.1 Å². The first-order valence-corrected chi connectivity index (χ1v) is 8.31. The van der Waals surface area contributed by atoms with E-state index in [9.17, 15) is 4.79 Å². The van der Waals surface area contributed by atoms with Crippen LogP contribution < -0.4 is 19.5 Å². The lowest BCUT2D eigenvalue weighted by Crippen LogP contribution is -2.32. The van der Waals surface area contributed by atoms with Crippen LogP contribution in [0.2, 0.25) is 5.02 Å². The van der Waals surface area contributed by atoms with Crippen LogP contribution in [0.4, 0.5) is 0 Å². The molecule has 0 aliphatic heterocycles. The molecule has 0 fully saturated rings. The summed E-state index contributed by atoms with van der Waals surface area (Å²) < 4.78 is 16.3. The maximum atomic E-state index is 11.8. The number of ether oxygens (including phenoxy) is 3. The number of carbonyl (C=O) groups excluding carboxylic acids is 1. The van der Waals surface area contributed by atoms with Crippen molar-refractivity contribution in [1.29, 1.82) is 0 Å². The van der Waals surface area contributed by atoms with Gasteiger partial charge in [-0.25, -0.2) is 0 Å². The summed E-state index contributed by atoms with van der Waals surface area (Å²) in [4.78, 5) is 11.8. The van der Waals surface area contributed by atoms with E-state index in [-0.39, 0.29) is 12.5 Å². The molecule has 0 unspecified atom stereocenters. The molecule has 1 N–H and O–H groups in total. The van der Waals surface area contributed by atoms with Crippen LogP contribution in [0.15, 0.2) is 36.4 Å². The van der Waals surface area contributed by atoms with Gasteiger partial charge >= 0.3 is 0 Å². The summed E-state index contributed by atoms with van der Waals surface area (Å²) in [5.41, 5.74) is 1.93. The van der Waals surface area contributed by atoms with Gasteiger partial charge in [-0.15, -0.1) is 0 Å². The molecule has 2 rings (SSSR count). The summed E-state index contributed by atoms with van der Waals surface area (Å²) in [5.74, 6) is 1.63. The van der Waals surface area contributed by atoms with Gasteiger partial charge in [-0.05, 0) is 49.2 Å². The van der Waals surface area contributed by atoms with Gasteiger partial charge in [-0.3, -0.25) is 4.79 Å². The molecule has 25 heavy (non-hydrogen) atoms. The molecule has 2 aromatic carbocycles. The van der Waals surface area contributed by atoms with Gasteiger partial charge in [0, 0.05) is 5.02 Å². The van der Waals surface area contributed by atoms with Crippen LogP contribution >= 0.6 is 11.6 Å². The first-order valence-electron chi connectivity index (χ1n) is 7.93. The Balaban J connectivity index is 1.72. The van der Waals surface area contributed by atoms with E-state index in [4.69, 9.17) is 25.8 Å². The van der Waals surface area contributed by atoms with Crippen molar-refractivity contribution in [3.05, 3.63) is 52.5 Å². The average Bonchev–Trinajstić information content (AvgIpc) is 2.61. The molecule has 0 saturated heterocycles. The van der Waals surface area contributed by atoms with Gasteiger partial charge in [0.05, 0.1) is 13.7 Å². The third kappa shape index (κ3) is 5.57. The highest BCUT2D eigenvalue weighted by atomic mass is 35.5. The Morgan fingerprint density at radius 3 is 2.36 bits per heavy atom. The Labute approximate surface area is 152 Å². The van der Waals surface area contributed by atoms with Gasteiger partial charge in [0.1, 0.15) is 12.4 Å².